The summed E-state index contributed by atoms with van der Waals surface area (Å²) in [5.74, 6) is 0.583. The molecule has 0 saturated carbocycles. The van der Waals surface area contributed by atoms with Gasteiger partial charge < -0.3 is 9.80 Å². The molecule has 0 N–H and O–H groups in total. The third-order valence-corrected chi connectivity index (χ3v) is 5.83. The van der Waals surface area contributed by atoms with Gasteiger partial charge >= 0.3 is 6.18 Å². The third kappa shape index (κ3) is 5.60. The molecule has 0 unspecified atom stereocenters. The van der Waals surface area contributed by atoms with Gasteiger partial charge in [-0.1, -0.05) is 19.9 Å². The molecule has 1 fully saturated rings. The van der Waals surface area contributed by atoms with Gasteiger partial charge in [-0.2, -0.15) is 18.3 Å². The van der Waals surface area contributed by atoms with E-state index in [1.807, 2.05) is 21.4 Å². The van der Waals surface area contributed by atoms with Crippen LogP contribution in [0.2, 0.25) is 0 Å². The third-order valence-electron chi connectivity index (χ3n) is 5.83. The molecule has 2 aromatic rings. The number of nitrogens with zero attached hydrogens (tertiary/aromatic N) is 4. The number of carbonyl (C=O) groups excluding carboxylic acids is 1. The quantitative estimate of drug-likeness (QED) is 0.672. The largest absolute Gasteiger partial charge is 0.416 e. The average molecular weight is 437 g/mol. The van der Waals surface area contributed by atoms with Crippen molar-refractivity contribution in [2.45, 2.75) is 53.3 Å². The summed E-state index contributed by atoms with van der Waals surface area (Å²) >= 11 is 0. The summed E-state index contributed by atoms with van der Waals surface area (Å²) in [7, 11) is 0. The number of hydrogen-bond acceptors (Lipinski definition) is 3. The Balaban J connectivity index is 1.55. The zero-order valence-corrected chi connectivity index (χ0v) is 18.7. The van der Waals surface area contributed by atoms with Crippen LogP contribution in [0.1, 0.15) is 42.8 Å². The first-order valence-corrected chi connectivity index (χ1v) is 10.8. The van der Waals surface area contributed by atoms with E-state index in [2.05, 4.69) is 25.9 Å². The fraction of sp³-hybridized carbons (Fsp3) is 0.565. The zero-order valence-electron chi connectivity index (χ0n) is 18.7. The highest BCUT2D eigenvalue weighted by Crippen LogP contribution is 2.32. The summed E-state index contributed by atoms with van der Waals surface area (Å²) in [6.07, 6.45) is -3.28. The molecule has 1 aromatic heterocycles. The van der Waals surface area contributed by atoms with Crippen molar-refractivity contribution >= 4 is 11.6 Å². The lowest BCUT2D eigenvalue weighted by Crippen LogP contribution is -2.48. The van der Waals surface area contributed by atoms with Gasteiger partial charge in [-0.05, 0) is 49.9 Å². The first kappa shape index (κ1) is 23.2. The van der Waals surface area contributed by atoms with Crippen LogP contribution in [0.5, 0.6) is 0 Å². The lowest BCUT2D eigenvalue weighted by atomic mass is 10.1. The van der Waals surface area contributed by atoms with E-state index in [0.29, 0.717) is 50.6 Å². The minimum atomic E-state index is -4.35. The standard InChI is InChI=1S/C23H31F3N4O/c1-16(2)15-30-18(4)21(17(3)27-30)8-9-22(31)29-12-10-28(11-13-29)20-7-5-6-19(14-20)23(24,25)26/h5-7,14,16H,8-13,15H2,1-4H3. The predicted octanol–water partition coefficient (Wildman–Crippen LogP) is 4.46. The SMILES string of the molecule is Cc1nn(CC(C)C)c(C)c1CCC(=O)N1CCN(c2cccc(C(F)(F)F)c2)CC1. The number of aryl methyl sites for hydroxylation is 1. The van der Waals surface area contributed by atoms with Crippen LogP contribution in [0.15, 0.2) is 24.3 Å². The molecule has 1 aliphatic rings. The fourth-order valence-corrected chi connectivity index (χ4v) is 4.10. The molecular formula is C23H31F3N4O. The highest BCUT2D eigenvalue weighted by atomic mass is 19.4. The molecule has 0 spiro atoms. The number of halogens is 3. The van der Waals surface area contributed by atoms with Crippen LogP contribution >= 0.6 is 0 Å². The molecule has 5 nitrogen and oxygen atoms in total. The summed E-state index contributed by atoms with van der Waals surface area (Å²) in [5.41, 5.74) is 3.13. The van der Waals surface area contributed by atoms with Crippen molar-refractivity contribution < 1.29 is 18.0 Å². The van der Waals surface area contributed by atoms with Crippen molar-refractivity contribution in [2.24, 2.45) is 5.92 Å². The smallest absolute Gasteiger partial charge is 0.368 e. The molecule has 0 atom stereocenters. The van der Waals surface area contributed by atoms with Gasteiger partial charge in [0, 0.05) is 50.5 Å². The van der Waals surface area contributed by atoms with Crippen LogP contribution in [-0.4, -0.2) is 46.8 Å². The van der Waals surface area contributed by atoms with E-state index in [0.717, 1.165) is 29.6 Å². The maximum absolute atomic E-state index is 13.0. The van der Waals surface area contributed by atoms with Crippen molar-refractivity contribution in [3.05, 3.63) is 46.8 Å². The second kappa shape index (κ2) is 9.32. The number of carbonyl (C=O) groups is 1. The van der Waals surface area contributed by atoms with Crippen LogP contribution in [-0.2, 0) is 23.9 Å². The number of rotatable bonds is 6. The monoisotopic (exact) mass is 436 g/mol. The van der Waals surface area contributed by atoms with E-state index >= 15 is 0 Å². The molecule has 170 valence electrons. The van der Waals surface area contributed by atoms with Gasteiger partial charge in [0.15, 0.2) is 0 Å². The van der Waals surface area contributed by atoms with Crippen molar-refractivity contribution in [1.29, 1.82) is 0 Å². The first-order chi connectivity index (χ1) is 14.6. The number of piperazine rings is 1. The average Bonchev–Trinajstić information content (AvgIpc) is 2.98. The number of amides is 1. The zero-order chi connectivity index (χ0) is 22.8. The topological polar surface area (TPSA) is 41.4 Å². The maximum Gasteiger partial charge on any atom is 0.416 e. The number of alkyl halides is 3. The molecule has 1 aromatic carbocycles. The highest BCUT2D eigenvalue weighted by Gasteiger charge is 2.31. The van der Waals surface area contributed by atoms with E-state index in [9.17, 15) is 18.0 Å². The van der Waals surface area contributed by atoms with Gasteiger partial charge in [0.25, 0.3) is 0 Å². The van der Waals surface area contributed by atoms with Gasteiger partial charge in [0.05, 0.1) is 11.3 Å². The van der Waals surface area contributed by atoms with Gasteiger partial charge in [0.1, 0.15) is 0 Å². The Morgan fingerprint density at radius 3 is 2.42 bits per heavy atom. The summed E-state index contributed by atoms with van der Waals surface area (Å²) in [4.78, 5) is 16.5. The second-order valence-electron chi connectivity index (χ2n) is 8.64. The summed E-state index contributed by atoms with van der Waals surface area (Å²) in [6, 6.07) is 5.38. The maximum atomic E-state index is 13.0. The van der Waals surface area contributed by atoms with Crippen LogP contribution in [0.4, 0.5) is 18.9 Å². The van der Waals surface area contributed by atoms with Crippen LogP contribution in [0.3, 0.4) is 0 Å². The van der Waals surface area contributed by atoms with Crippen molar-refractivity contribution in [3.8, 4) is 0 Å². The Morgan fingerprint density at radius 2 is 1.81 bits per heavy atom. The molecule has 1 amide bonds. The molecule has 0 aliphatic carbocycles. The van der Waals surface area contributed by atoms with Crippen molar-refractivity contribution in [3.63, 3.8) is 0 Å². The lowest BCUT2D eigenvalue weighted by molar-refractivity contribution is -0.137. The van der Waals surface area contributed by atoms with Crippen molar-refractivity contribution in [1.82, 2.24) is 14.7 Å². The number of anilines is 1. The Morgan fingerprint density at radius 1 is 1.13 bits per heavy atom. The Labute approximate surface area is 181 Å². The van der Waals surface area contributed by atoms with E-state index in [1.165, 1.54) is 12.1 Å². The van der Waals surface area contributed by atoms with Crippen LogP contribution in [0.25, 0.3) is 0 Å². The minimum Gasteiger partial charge on any atom is -0.368 e. The first-order valence-electron chi connectivity index (χ1n) is 10.8. The molecule has 2 heterocycles. The minimum absolute atomic E-state index is 0.0825. The van der Waals surface area contributed by atoms with E-state index < -0.39 is 11.7 Å². The van der Waals surface area contributed by atoms with Gasteiger partial charge in [0.2, 0.25) is 5.91 Å². The molecular weight excluding hydrogens is 405 g/mol. The lowest BCUT2D eigenvalue weighted by Gasteiger charge is -2.36. The Hall–Kier alpha value is -2.51. The van der Waals surface area contributed by atoms with E-state index in [-0.39, 0.29) is 5.91 Å². The summed E-state index contributed by atoms with van der Waals surface area (Å²) in [5, 5.41) is 4.61. The van der Waals surface area contributed by atoms with Gasteiger partial charge in [-0.25, -0.2) is 0 Å². The van der Waals surface area contributed by atoms with E-state index in [4.69, 9.17) is 0 Å². The van der Waals surface area contributed by atoms with Gasteiger partial charge in [-0.3, -0.25) is 9.48 Å². The highest BCUT2D eigenvalue weighted by molar-refractivity contribution is 5.77. The molecule has 1 saturated heterocycles. The second-order valence-corrected chi connectivity index (χ2v) is 8.64. The fourth-order valence-electron chi connectivity index (χ4n) is 4.10. The van der Waals surface area contributed by atoms with Crippen molar-refractivity contribution in [2.75, 3.05) is 31.1 Å². The molecule has 3 rings (SSSR count). The van der Waals surface area contributed by atoms with E-state index in [1.54, 1.807) is 6.07 Å². The molecule has 1 aliphatic heterocycles. The summed E-state index contributed by atoms with van der Waals surface area (Å²) < 4.78 is 40.9. The molecule has 8 heteroatoms. The van der Waals surface area contributed by atoms with Crippen LogP contribution < -0.4 is 4.90 Å². The normalized spacial score (nSPS) is 15.1. The molecule has 0 bridgehead atoms. The van der Waals surface area contributed by atoms with Gasteiger partial charge in [-0.15, -0.1) is 0 Å². The molecule has 31 heavy (non-hydrogen) atoms. The van der Waals surface area contributed by atoms with Crippen LogP contribution in [0, 0.1) is 19.8 Å². The molecule has 0 radical (unpaired) electrons. The number of benzene rings is 1. The Bertz CT molecular complexity index is 912. The predicted molar refractivity (Wildman–Crippen MR) is 115 cm³/mol. The number of hydrogen-bond donors (Lipinski definition) is 0. The Kier molecular flexibility index (Phi) is 6.96. The summed E-state index contributed by atoms with van der Waals surface area (Å²) in [6.45, 7) is 11.3. The number of aromatic nitrogens is 2.